The van der Waals surface area contributed by atoms with Gasteiger partial charge in [-0.2, -0.15) is 0 Å². The summed E-state index contributed by atoms with van der Waals surface area (Å²) in [6.07, 6.45) is 4.04. The van der Waals surface area contributed by atoms with Gasteiger partial charge in [-0.3, -0.25) is 19.6 Å². The second kappa shape index (κ2) is 9.30. The number of ketones is 1. The Bertz CT molecular complexity index is 1100. The van der Waals surface area contributed by atoms with Crippen LogP contribution in [0.2, 0.25) is 0 Å². The van der Waals surface area contributed by atoms with Crippen LogP contribution in [0.15, 0.2) is 36.7 Å². The Hall–Kier alpha value is -3.55. The molecule has 8 nitrogen and oxygen atoms in total. The molecule has 0 radical (unpaired) electrons. The SMILES string of the molecule is COC(=O)CCCn1c(C)cc(C(=O)COC(=O)c2ccc3nccnc3c2)c1C. The molecular formula is C22H23N3O5. The van der Waals surface area contributed by atoms with Crippen LogP contribution in [0.25, 0.3) is 11.0 Å². The van der Waals surface area contributed by atoms with Gasteiger partial charge in [-0.05, 0) is 44.5 Å². The Morgan fingerprint density at radius 2 is 1.77 bits per heavy atom. The Labute approximate surface area is 173 Å². The van der Waals surface area contributed by atoms with E-state index in [0.29, 0.717) is 41.5 Å². The fraction of sp³-hybridized carbons (Fsp3) is 0.318. The van der Waals surface area contributed by atoms with E-state index in [-0.39, 0.29) is 18.4 Å². The lowest BCUT2D eigenvalue weighted by molar-refractivity contribution is -0.140. The molecule has 0 spiro atoms. The lowest BCUT2D eigenvalue weighted by Crippen LogP contribution is -2.15. The number of benzene rings is 1. The van der Waals surface area contributed by atoms with E-state index in [1.54, 1.807) is 36.7 Å². The fourth-order valence-electron chi connectivity index (χ4n) is 3.29. The standard InChI is InChI=1S/C22H23N3O5/c1-14-11-17(15(2)25(14)10-4-5-21(27)29-3)20(26)13-30-22(28)16-6-7-18-19(12-16)24-9-8-23-18/h6-9,11-12H,4-5,10,13H2,1-3H3. The zero-order valence-electron chi connectivity index (χ0n) is 17.2. The number of carbonyl (C=O) groups is 3. The van der Waals surface area contributed by atoms with Crippen molar-refractivity contribution in [3.05, 3.63) is 59.2 Å². The predicted octanol–water partition coefficient (Wildman–Crippen LogP) is 3.04. The van der Waals surface area contributed by atoms with Crippen LogP contribution in [0.5, 0.6) is 0 Å². The molecule has 0 bridgehead atoms. The summed E-state index contributed by atoms with van der Waals surface area (Å²) in [4.78, 5) is 44.6. The highest BCUT2D eigenvalue weighted by Crippen LogP contribution is 2.18. The van der Waals surface area contributed by atoms with Crippen molar-refractivity contribution in [2.75, 3.05) is 13.7 Å². The highest BCUT2D eigenvalue weighted by Gasteiger charge is 2.18. The Morgan fingerprint density at radius 1 is 1.03 bits per heavy atom. The molecule has 0 atom stereocenters. The van der Waals surface area contributed by atoms with Crippen molar-refractivity contribution in [1.29, 1.82) is 0 Å². The van der Waals surface area contributed by atoms with E-state index in [1.807, 2.05) is 18.4 Å². The second-order valence-electron chi connectivity index (χ2n) is 6.88. The van der Waals surface area contributed by atoms with Gasteiger partial charge in [0.2, 0.25) is 5.78 Å². The molecule has 3 rings (SSSR count). The third-order valence-electron chi connectivity index (χ3n) is 4.90. The van der Waals surface area contributed by atoms with E-state index >= 15 is 0 Å². The third-order valence-corrected chi connectivity index (χ3v) is 4.90. The quantitative estimate of drug-likeness (QED) is 0.416. The summed E-state index contributed by atoms with van der Waals surface area (Å²) in [7, 11) is 1.36. The van der Waals surface area contributed by atoms with Crippen LogP contribution in [0.3, 0.4) is 0 Å². The number of esters is 2. The average molecular weight is 409 g/mol. The van der Waals surface area contributed by atoms with Crippen molar-refractivity contribution in [1.82, 2.24) is 14.5 Å². The zero-order chi connectivity index (χ0) is 21.7. The van der Waals surface area contributed by atoms with E-state index in [9.17, 15) is 14.4 Å². The molecule has 2 heterocycles. The molecule has 0 aliphatic rings. The smallest absolute Gasteiger partial charge is 0.338 e. The first-order chi connectivity index (χ1) is 14.4. The lowest BCUT2D eigenvalue weighted by atomic mass is 10.1. The van der Waals surface area contributed by atoms with Crippen LogP contribution in [0.4, 0.5) is 0 Å². The van der Waals surface area contributed by atoms with Crippen LogP contribution >= 0.6 is 0 Å². The van der Waals surface area contributed by atoms with E-state index in [4.69, 9.17) is 4.74 Å². The molecule has 0 N–H and O–H groups in total. The molecule has 1 aromatic carbocycles. The van der Waals surface area contributed by atoms with Gasteiger partial charge in [-0.1, -0.05) is 0 Å². The summed E-state index contributed by atoms with van der Waals surface area (Å²) in [5.41, 5.74) is 3.74. The number of carbonyl (C=O) groups excluding carboxylic acids is 3. The van der Waals surface area contributed by atoms with Crippen molar-refractivity contribution in [3.63, 3.8) is 0 Å². The minimum absolute atomic E-state index is 0.264. The van der Waals surface area contributed by atoms with E-state index in [2.05, 4.69) is 14.7 Å². The third kappa shape index (κ3) is 4.71. The first-order valence-electron chi connectivity index (χ1n) is 9.55. The van der Waals surface area contributed by atoms with Crippen LogP contribution in [0, 0.1) is 13.8 Å². The van der Waals surface area contributed by atoms with Gasteiger partial charge in [-0.15, -0.1) is 0 Å². The van der Waals surface area contributed by atoms with Crippen molar-refractivity contribution in [3.8, 4) is 0 Å². The van der Waals surface area contributed by atoms with Crippen LogP contribution in [-0.2, 0) is 20.8 Å². The van der Waals surface area contributed by atoms with E-state index in [0.717, 1.165) is 11.4 Å². The van der Waals surface area contributed by atoms with E-state index < -0.39 is 5.97 Å². The summed E-state index contributed by atoms with van der Waals surface area (Å²) in [6.45, 7) is 3.97. The first-order valence-corrected chi connectivity index (χ1v) is 9.55. The Kier molecular flexibility index (Phi) is 6.56. The van der Waals surface area contributed by atoms with Crippen molar-refractivity contribution in [2.45, 2.75) is 33.2 Å². The summed E-state index contributed by atoms with van der Waals surface area (Å²) in [6, 6.07) is 6.64. The minimum atomic E-state index is -0.595. The second-order valence-corrected chi connectivity index (χ2v) is 6.88. The molecule has 0 saturated heterocycles. The predicted molar refractivity (Wildman–Crippen MR) is 109 cm³/mol. The summed E-state index contributed by atoms with van der Waals surface area (Å²) >= 11 is 0. The molecule has 8 heteroatoms. The van der Waals surface area contributed by atoms with Crippen LogP contribution < -0.4 is 0 Å². The summed E-state index contributed by atoms with van der Waals surface area (Å²) < 4.78 is 11.8. The first kappa shape index (κ1) is 21.2. The normalized spacial score (nSPS) is 10.8. The summed E-state index contributed by atoms with van der Waals surface area (Å²) in [5, 5.41) is 0. The van der Waals surface area contributed by atoms with Gasteiger partial charge in [0.25, 0.3) is 0 Å². The number of ether oxygens (including phenoxy) is 2. The molecule has 3 aromatic rings. The van der Waals surface area contributed by atoms with Gasteiger partial charge in [0, 0.05) is 42.3 Å². The zero-order valence-corrected chi connectivity index (χ0v) is 17.2. The molecule has 0 aliphatic heterocycles. The maximum absolute atomic E-state index is 12.6. The lowest BCUT2D eigenvalue weighted by Gasteiger charge is -2.09. The van der Waals surface area contributed by atoms with Crippen molar-refractivity contribution in [2.24, 2.45) is 0 Å². The minimum Gasteiger partial charge on any atom is -0.469 e. The fourth-order valence-corrected chi connectivity index (χ4v) is 3.29. The number of aromatic nitrogens is 3. The maximum atomic E-state index is 12.6. The Morgan fingerprint density at radius 3 is 2.50 bits per heavy atom. The van der Waals surface area contributed by atoms with Gasteiger partial charge in [-0.25, -0.2) is 4.79 Å². The van der Waals surface area contributed by atoms with Gasteiger partial charge in [0.05, 0.1) is 23.7 Å². The van der Waals surface area contributed by atoms with Crippen LogP contribution in [0.1, 0.15) is 44.9 Å². The topological polar surface area (TPSA) is 100 Å². The average Bonchev–Trinajstić information content (AvgIpc) is 3.05. The highest BCUT2D eigenvalue weighted by atomic mass is 16.5. The van der Waals surface area contributed by atoms with Gasteiger partial charge in [0.1, 0.15) is 0 Å². The molecule has 0 unspecified atom stereocenters. The van der Waals surface area contributed by atoms with E-state index in [1.165, 1.54) is 7.11 Å². The molecule has 0 amide bonds. The maximum Gasteiger partial charge on any atom is 0.338 e. The van der Waals surface area contributed by atoms with Gasteiger partial charge >= 0.3 is 11.9 Å². The van der Waals surface area contributed by atoms with Crippen molar-refractivity contribution >= 4 is 28.8 Å². The van der Waals surface area contributed by atoms with Crippen molar-refractivity contribution < 1.29 is 23.9 Å². The van der Waals surface area contributed by atoms with Gasteiger partial charge < -0.3 is 14.0 Å². The van der Waals surface area contributed by atoms with Crippen LogP contribution in [-0.4, -0.2) is 46.0 Å². The number of nitrogens with zero attached hydrogens (tertiary/aromatic N) is 3. The highest BCUT2D eigenvalue weighted by molar-refractivity contribution is 6.01. The molecule has 0 saturated carbocycles. The Balaban J connectivity index is 1.63. The number of fused-ring (bicyclic) bond motifs is 1. The number of methoxy groups -OCH3 is 1. The molecular weight excluding hydrogens is 386 g/mol. The number of hydrogen-bond acceptors (Lipinski definition) is 7. The van der Waals surface area contributed by atoms with Gasteiger partial charge in [0.15, 0.2) is 6.61 Å². The molecule has 0 fully saturated rings. The number of rotatable bonds is 8. The molecule has 30 heavy (non-hydrogen) atoms. The largest absolute Gasteiger partial charge is 0.469 e. The summed E-state index contributed by atoms with van der Waals surface area (Å²) in [5.74, 6) is -1.14. The molecule has 156 valence electrons. The number of hydrogen-bond donors (Lipinski definition) is 0. The molecule has 2 aromatic heterocycles. The monoisotopic (exact) mass is 409 g/mol. The molecule has 0 aliphatic carbocycles. The number of Topliss-reactive ketones (excluding diaryl/α,β-unsaturated/α-hetero) is 1. The number of aryl methyl sites for hydroxylation is 1.